The van der Waals surface area contributed by atoms with E-state index in [4.69, 9.17) is 42.2 Å². The van der Waals surface area contributed by atoms with E-state index in [-0.39, 0.29) is 18.3 Å². The van der Waals surface area contributed by atoms with E-state index in [0.29, 0.717) is 34.0 Å². The number of benzene rings is 2. The van der Waals surface area contributed by atoms with E-state index < -0.39 is 5.97 Å². The smallest absolute Gasteiger partial charge is 0.335 e. The lowest BCUT2D eigenvalue weighted by Crippen LogP contribution is -2.37. The van der Waals surface area contributed by atoms with Gasteiger partial charge in [-0.15, -0.1) is 0 Å². The lowest BCUT2D eigenvalue weighted by molar-refractivity contribution is 0.0238. The van der Waals surface area contributed by atoms with Crippen LogP contribution in [0.2, 0.25) is 10.0 Å². The lowest BCUT2D eigenvalue weighted by atomic mass is 10.1. The zero-order valence-electron chi connectivity index (χ0n) is 20.4. The van der Waals surface area contributed by atoms with Crippen molar-refractivity contribution in [3.05, 3.63) is 69.0 Å². The number of anilines is 1. The molecule has 0 unspecified atom stereocenters. The Labute approximate surface area is 233 Å². The molecule has 3 heterocycles. The van der Waals surface area contributed by atoms with Gasteiger partial charge in [-0.25, -0.2) is 9.78 Å². The molecular formula is C27H25Cl2N3O5S. The highest BCUT2D eigenvalue weighted by Crippen LogP contribution is 2.43. The molecule has 11 heteroatoms. The summed E-state index contributed by atoms with van der Waals surface area (Å²) >= 11 is 14.0. The third-order valence-electron chi connectivity index (χ3n) is 6.92. The van der Waals surface area contributed by atoms with Crippen LogP contribution in [0.25, 0.3) is 10.2 Å². The molecule has 0 bridgehead atoms. The average molecular weight is 574 g/mol. The number of thiazole rings is 1. The van der Waals surface area contributed by atoms with Gasteiger partial charge in [-0.05, 0) is 56.0 Å². The van der Waals surface area contributed by atoms with Gasteiger partial charge in [-0.1, -0.05) is 45.8 Å². The molecule has 0 radical (unpaired) electrons. The fourth-order valence-corrected chi connectivity index (χ4v) is 6.21. The summed E-state index contributed by atoms with van der Waals surface area (Å²) in [5.41, 5.74) is 2.76. The molecule has 2 aromatic heterocycles. The number of carboxylic acid groups (broad SMARTS) is 1. The molecule has 0 amide bonds. The van der Waals surface area contributed by atoms with E-state index in [1.807, 2.05) is 0 Å². The molecule has 1 aliphatic carbocycles. The zero-order valence-corrected chi connectivity index (χ0v) is 22.7. The number of fused-ring (bicyclic) bond motifs is 1. The highest BCUT2D eigenvalue weighted by Gasteiger charge is 2.33. The van der Waals surface area contributed by atoms with Gasteiger partial charge in [0.2, 0.25) is 0 Å². The van der Waals surface area contributed by atoms with E-state index in [2.05, 4.69) is 10.1 Å². The van der Waals surface area contributed by atoms with Crippen LogP contribution in [0.5, 0.6) is 5.75 Å². The Morgan fingerprint density at radius 1 is 1.11 bits per heavy atom. The summed E-state index contributed by atoms with van der Waals surface area (Å²) < 4.78 is 18.9. The predicted molar refractivity (Wildman–Crippen MR) is 146 cm³/mol. The highest BCUT2D eigenvalue weighted by molar-refractivity contribution is 7.22. The summed E-state index contributed by atoms with van der Waals surface area (Å²) in [6, 6.07) is 10.3. The van der Waals surface area contributed by atoms with Crippen LogP contribution in [0.15, 0.2) is 40.9 Å². The Bertz CT molecular complexity index is 1460. The van der Waals surface area contributed by atoms with Crippen LogP contribution in [-0.4, -0.2) is 40.4 Å². The van der Waals surface area contributed by atoms with Gasteiger partial charge >= 0.3 is 5.97 Å². The molecule has 6 rings (SSSR count). The van der Waals surface area contributed by atoms with Crippen LogP contribution in [0.1, 0.15) is 59.0 Å². The number of halogens is 2. The SMILES string of the molecule is O=C(O)c1ccc2nc(N3CCC(OCc4c(COc5c(Cl)cccc5Cl)noc4C4CC4)CC3)sc2c1. The van der Waals surface area contributed by atoms with Gasteiger partial charge in [-0.3, -0.25) is 0 Å². The maximum absolute atomic E-state index is 11.3. The Kier molecular flexibility index (Phi) is 7.18. The number of carbonyl (C=O) groups is 1. The third kappa shape index (κ3) is 5.33. The fraction of sp³-hybridized carbons (Fsp3) is 0.370. The summed E-state index contributed by atoms with van der Waals surface area (Å²) in [6.45, 7) is 2.23. The first kappa shape index (κ1) is 25.4. The van der Waals surface area contributed by atoms with Gasteiger partial charge < -0.3 is 24.0 Å². The number of aromatic carboxylic acids is 1. The van der Waals surface area contributed by atoms with Gasteiger partial charge in [0.15, 0.2) is 10.9 Å². The molecule has 1 saturated carbocycles. The van der Waals surface area contributed by atoms with E-state index in [0.717, 1.165) is 65.4 Å². The molecular weight excluding hydrogens is 549 g/mol. The number of rotatable bonds is 9. The van der Waals surface area contributed by atoms with Crippen LogP contribution in [-0.2, 0) is 18.0 Å². The van der Waals surface area contributed by atoms with Crippen molar-refractivity contribution in [3.8, 4) is 5.75 Å². The number of carboxylic acids is 1. The molecule has 1 saturated heterocycles. The standard InChI is InChI=1S/C27H25Cl2N3O5S/c28-19-2-1-3-20(29)25(19)36-14-22-18(24(37-31-22)15-4-5-15)13-35-17-8-10-32(11-9-17)27-30-21-7-6-16(26(33)34)12-23(21)38-27/h1-3,6-7,12,15,17H,4-5,8-11,13-14H2,(H,33,34). The lowest BCUT2D eigenvalue weighted by Gasteiger charge is -2.31. The first-order chi connectivity index (χ1) is 18.5. The van der Waals surface area contributed by atoms with E-state index in [9.17, 15) is 9.90 Å². The van der Waals surface area contributed by atoms with Gasteiger partial charge in [0.25, 0.3) is 0 Å². The number of hydrogen-bond donors (Lipinski definition) is 1. The number of para-hydroxylation sites is 1. The topological polar surface area (TPSA) is 97.9 Å². The summed E-state index contributed by atoms with van der Waals surface area (Å²) in [5.74, 6) is 0.780. The van der Waals surface area contributed by atoms with Crippen LogP contribution in [0.4, 0.5) is 5.13 Å². The number of nitrogens with zero attached hydrogens (tertiary/aromatic N) is 3. The molecule has 4 aromatic rings. The summed E-state index contributed by atoms with van der Waals surface area (Å²) in [7, 11) is 0. The Morgan fingerprint density at radius 2 is 1.87 bits per heavy atom. The second kappa shape index (κ2) is 10.7. The third-order valence-corrected chi connectivity index (χ3v) is 8.59. The minimum Gasteiger partial charge on any atom is -0.484 e. The molecule has 0 atom stereocenters. The van der Waals surface area contributed by atoms with Crippen molar-refractivity contribution in [2.45, 2.75) is 50.9 Å². The van der Waals surface area contributed by atoms with Crippen molar-refractivity contribution in [1.82, 2.24) is 10.1 Å². The maximum Gasteiger partial charge on any atom is 0.335 e. The van der Waals surface area contributed by atoms with Crippen molar-refractivity contribution < 1.29 is 23.9 Å². The normalized spacial score (nSPS) is 16.3. The van der Waals surface area contributed by atoms with Crippen molar-refractivity contribution in [1.29, 1.82) is 0 Å². The Hall–Kier alpha value is -2.85. The number of piperidine rings is 1. The van der Waals surface area contributed by atoms with E-state index in [1.165, 1.54) is 11.3 Å². The van der Waals surface area contributed by atoms with E-state index in [1.54, 1.807) is 36.4 Å². The predicted octanol–water partition coefficient (Wildman–Crippen LogP) is 6.93. The van der Waals surface area contributed by atoms with Gasteiger partial charge in [0.05, 0.1) is 38.5 Å². The van der Waals surface area contributed by atoms with Crippen LogP contribution < -0.4 is 9.64 Å². The molecule has 1 aliphatic heterocycles. The van der Waals surface area contributed by atoms with Crippen LogP contribution >= 0.6 is 34.5 Å². The molecule has 198 valence electrons. The molecule has 38 heavy (non-hydrogen) atoms. The largest absolute Gasteiger partial charge is 0.484 e. The van der Waals surface area contributed by atoms with Crippen molar-refractivity contribution in [3.63, 3.8) is 0 Å². The molecule has 2 fully saturated rings. The van der Waals surface area contributed by atoms with Crippen LogP contribution in [0, 0.1) is 0 Å². The van der Waals surface area contributed by atoms with Gasteiger partial charge in [0, 0.05) is 24.6 Å². The summed E-state index contributed by atoms with van der Waals surface area (Å²) in [4.78, 5) is 18.2. The minimum absolute atomic E-state index is 0.105. The average Bonchev–Trinajstić information content (AvgIpc) is 3.54. The Balaban J connectivity index is 1.08. The monoisotopic (exact) mass is 573 g/mol. The van der Waals surface area contributed by atoms with Crippen molar-refractivity contribution in [2.75, 3.05) is 18.0 Å². The second-order valence-electron chi connectivity index (χ2n) is 9.57. The van der Waals surface area contributed by atoms with Crippen LogP contribution in [0.3, 0.4) is 0 Å². The minimum atomic E-state index is -0.931. The number of aromatic nitrogens is 2. The first-order valence-corrected chi connectivity index (χ1v) is 14.1. The second-order valence-corrected chi connectivity index (χ2v) is 11.4. The summed E-state index contributed by atoms with van der Waals surface area (Å²) in [5, 5.41) is 15.3. The Morgan fingerprint density at radius 3 is 2.58 bits per heavy atom. The van der Waals surface area contributed by atoms with E-state index >= 15 is 0 Å². The van der Waals surface area contributed by atoms with Gasteiger partial charge in [0.1, 0.15) is 18.1 Å². The number of ether oxygens (including phenoxy) is 2. The molecule has 1 N–H and O–H groups in total. The highest BCUT2D eigenvalue weighted by atomic mass is 35.5. The fourth-order valence-electron chi connectivity index (χ4n) is 4.65. The zero-order chi connectivity index (χ0) is 26.2. The molecule has 8 nitrogen and oxygen atoms in total. The quantitative estimate of drug-likeness (QED) is 0.230. The summed E-state index contributed by atoms with van der Waals surface area (Å²) in [6.07, 6.45) is 4.01. The maximum atomic E-state index is 11.3. The molecule has 2 aromatic carbocycles. The number of hydrogen-bond acceptors (Lipinski definition) is 8. The van der Waals surface area contributed by atoms with Crippen molar-refractivity contribution in [2.24, 2.45) is 0 Å². The molecule has 2 aliphatic rings. The molecule has 0 spiro atoms. The van der Waals surface area contributed by atoms with Crippen molar-refractivity contribution >= 4 is 55.9 Å². The van der Waals surface area contributed by atoms with Gasteiger partial charge in [-0.2, -0.15) is 0 Å². The first-order valence-electron chi connectivity index (χ1n) is 12.5.